The molecular formula is C48H48Cl2N6O2. The van der Waals surface area contributed by atoms with Crippen LogP contribution in [0.3, 0.4) is 0 Å². The fourth-order valence-corrected chi connectivity index (χ4v) is 6.33. The molecule has 0 spiro atoms. The van der Waals surface area contributed by atoms with Gasteiger partial charge in [-0.15, -0.1) is 24.8 Å². The van der Waals surface area contributed by atoms with E-state index in [9.17, 15) is 9.59 Å². The predicted molar refractivity (Wildman–Crippen MR) is 242 cm³/mol. The summed E-state index contributed by atoms with van der Waals surface area (Å²) in [6.45, 7) is 12.9. The minimum Gasteiger partial charge on any atom is -0.305 e. The molecule has 0 saturated carbocycles. The molecule has 8 rings (SSSR count). The number of hydrogen-bond donors (Lipinski definition) is 2. The first-order valence-electron chi connectivity index (χ1n) is 18.7. The molecule has 10 heteroatoms. The molecule has 0 bridgehead atoms. The van der Waals surface area contributed by atoms with Gasteiger partial charge in [0.25, 0.3) is 11.8 Å². The third-order valence-electron chi connectivity index (χ3n) is 9.63. The first-order valence-corrected chi connectivity index (χ1v) is 18.7. The average molecular weight is 812 g/mol. The van der Waals surface area contributed by atoms with Crippen molar-refractivity contribution in [2.75, 3.05) is 10.6 Å². The summed E-state index contributed by atoms with van der Waals surface area (Å²) in [5.41, 5.74) is 9.82. The lowest BCUT2D eigenvalue weighted by atomic mass is 9.86. The van der Waals surface area contributed by atoms with Gasteiger partial charge < -0.3 is 19.4 Å². The zero-order valence-corrected chi connectivity index (χ0v) is 35.1. The predicted octanol–water partition coefficient (Wildman–Crippen LogP) is 11.9. The number of rotatable bonds is 6. The minimum absolute atomic E-state index is 0. The average Bonchev–Trinajstić information content (AvgIpc) is 3.80. The van der Waals surface area contributed by atoms with E-state index in [1.165, 1.54) is 11.1 Å². The minimum atomic E-state index is -0.160. The van der Waals surface area contributed by atoms with Gasteiger partial charge in [0, 0.05) is 23.5 Å². The molecule has 0 saturated heterocycles. The second-order valence-electron chi connectivity index (χ2n) is 15.9. The molecule has 0 atom stereocenters. The maximum Gasteiger partial charge on any atom is 0.256 e. The van der Waals surface area contributed by atoms with Gasteiger partial charge in [-0.1, -0.05) is 126 Å². The normalized spacial score (nSPS) is 11.1. The van der Waals surface area contributed by atoms with E-state index in [-0.39, 0.29) is 47.5 Å². The maximum absolute atomic E-state index is 12.6. The molecule has 2 N–H and O–H groups in total. The number of carbonyl (C=O) groups excluding carboxylic acids is 2. The smallest absolute Gasteiger partial charge is 0.256 e. The van der Waals surface area contributed by atoms with Crippen molar-refractivity contribution < 1.29 is 9.59 Å². The highest BCUT2D eigenvalue weighted by molar-refractivity contribution is 6.04. The lowest BCUT2D eigenvalue weighted by molar-refractivity contribution is 0.101. The zero-order valence-electron chi connectivity index (χ0n) is 33.4. The monoisotopic (exact) mass is 810 g/mol. The second kappa shape index (κ2) is 17.9. The lowest BCUT2D eigenvalue weighted by Gasteiger charge is -2.18. The molecule has 0 radical (unpaired) electrons. The van der Waals surface area contributed by atoms with Crippen LogP contribution in [0.25, 0.3) is 33.5 Å². The Kier molecular flexibility index (Phi) is 13.3. The van der Waals surface area contributed by atoms with Crippen LogP contribution in [0, 0.1) is 0 Å². The van der Waals surface area contributed by atoms with E-state index in [1.807, 2.05) is 143 Å². The number of nitrogens with one attached hydrogen (secondary N) is 2. The van der Waals surface area contributed by atoms with Crippen LogP contribution in [-0.2, 0) is 10.8 Å². The first-order chi connectivity index (χ1) is 26.8. The van der Waals surface area contributed by atoms with Gasteiger partial charge in [0.05, 0.1) is 12.4 Å². The van der Waals surface area contributed by atoms with Crippen molar-refractivity contribution in [1.29, 1.82) is 0 Å². The second-order valence-corrected chi connectivity index (χ2v) is 15.9. The van der Waals surface area contributed by atoms with Crippen LogP contribution >= 0.6 is 24.8 Å². The number of imidazole rings is 2. The maximum atomic E-state index is 12.6. The number of nitrogens with zero attached hydrogens (tertiary/aromatic N) is 4. The van der Waals surface area contributed by atoms with Gasteiger partial charge in [-0.25, -0.2) is 9.97 Å². The van der Waals surface area contributed by atoms with Crippen LogP contribution in [0.2, 0.25) is 0 Å². The van der Waals surface area contributed by atoms with E-state index in [0.717, 1.165) is 33.5 Å². The number of carbonyl (C=O) groups is 2. The Morgan fingerprint density at radius 2 is 0.776 bits per heavy atom. The van der Waals surface area contributed by atoms with Crippen LogP contribution in [0.5, 0.6) is 0 Å². The highest BCUT2D eigenvalue weighted by atomic mass is 35.5. The van der Waals surface area contributed by atoms with Crippen LogP contribution in [0.1, 0.15) is 73.4 Å². The molecule has 0 aliphatic heterocycles. The summed E-state index contributed by atoms with van der Waals surface area (Å²) in [5, 5.41) is 5.79. The molecule has 2 amide bonds. The highest BCUT2D eigenvalue weighted by Crippen LogP contribution is 2.25. The molecule has 0 unspecified atom stereocenters. The van der Waals surface area contributed by atoms with Crippen LogP contribution < -0.4 is 10.6 Å². The Labute approximate surface area is 352 Å². The highest BCUT2D eigenvalue weighted by Gasteiger charge is 2.17. The van der Waals surface area contributed by atoms with Gasteiger partial charge in [-0.05, 0) is 92.7 Å². The number of benzene rings is 4. The van der Waals surface area contributed by atoms with Gasteiger partial charge in [0.1, 0.15) is 11.3 Å². The van der Waals surface area contributed by atoms with Crippen molar-refractivity contribution in [3.8, 4) is 22.3 Å². The fourth-order valence-electron chi connectivity index (χ4n) is 6.33. The molecular weight excluding hydrogens is 763 g/mol. The molecule has 0 fully saturated rings. The molecule has 58 heavy (non-hydrogen) atoms. The summed E-state index contributed by atoms with van der Waals surface area (Å²) in [6.07, 6.45) is 7.71. The Bertz CT molecular complexity index is 2440. The third kappa shape index (κ3) is 10.2. The Balaban J connectivity index is 0.000000214. The number of pyridine rings is 2. The van der Waals surface area contributed by atoms with Crippen LogP contribution in [0.4, 0.5) is 11.6 Å². The van der Waals surface area contributed by atoms with Crippen LogP contribution in [-0.4, -0.2) is 30.6 Å². The number of halogens is 2. The standard InChI is InChI=1S/2C24H23N3O.2ClH/c2*1-24(2,3)20-12-9-18(10-13-20)23(28)26-21-16-27-15-19(11-14-22(27)25-21)17-7-5-4-6-8-17;;/h2*4-16H,1-3H3,(H,26,28);2*1H. The molecule has 4 aromatic carbocycles. The topological polar surface area (TPSA) is 92.8 Å². The van der Waals surface area contributed by atoms with Crippen molar-refractivity contribution >= 4 is 59.6 Å². The van der Waals surface area contributed by atoms with Gasteiger partial charge in [0.15, 0.2) is 11.6 Å². The van der Waals surface area contributed by atoms with E-state index in [0.29, 0.717) is 22.8 Å². The third-order valence-corrected chi connectivity index (χ3v) is 9.63. The Morgan fingerprint density at radius 3 is 1.10 bits per heavy atom. The van der Waals surface area contributed by atoms with E-state index in [2.05, 4.69) is 86.4 Å². The summed E-state index contributed by atoms with van der Waals surface area (Å²) < 4.78 is 3.86. The van der Waals surface area contributed by atoms with E-state index in [1.54, 1.807) is 0 Å². The van der Waals surface area contributed by atoms with Crippen molar-refractivity contribution in [3.63, 3.8) is 0 Å². The van der Waals surface area contributed by atoms with Crippen molar-refractivity contribution in [2.45, 2.75) is 52.4 Å². The molecule has 4 aromatic heterocycles. The Hall–Kier alpha value is -6.22. The molecule has 4 heterocycles. The molecule has 296 valence electrons. The SMILES string of the molecule is CC(C)(C)c1ccc(C(=O)Nc2cn3cc(-c4ccccc4)ccc3n2)cc1.CC(C)(C)c1ccc(C(=O)Nc2cn3cc(-c4ccccc4)ccc3n2)cc1.Cl.Cl. The number of fused-ring (bicyclic) bond motifs is 2. The lowest BCUT2D eigenvalue weighted by Crippen LogP contribution is -2.14. The van der Waals surface area contributed by atoms with Crippen molar-refractivity contribution in [3.05, 3.63) is 181 Å². The summed E-state index contributed by atoms with van der Waals surface area (Å²) in [4.78, 5) is 34.2. The number of anilines is 2. The first kappa shape index (κ1) is 42.9. The van der Waals surface area contributed by atoms with Crippen molar-refractivity contribution in [1.82, 2.24) is 18.8 Å². The zero-order chi connectivity index (χ0) is 39.5. The van der Waals surface area contributed by atoms with Gasteiger partial charge >= 0.3 is 0 Å². The van der Waals surface area contributed by atoms with Gasteiger partial charge in [-0.3, -0.25) is 9.59 Å². The van der Waals surface area contributed by atoms with E-state index < -0.39 is 0 Å². The summed E-state index contributed by atoms with van der Waals surface area (Å²) >= 11 is 0. The number of amides is 2. The molecule has 8 nitrogen and oxygen atoms in total. The molecule has 8 aromatic rings. The number of aromatic nitrogens is 4. The number of hydrogen-bond acceptors (Lipinski definition) is 4. The van der Waals surface area contributed by atoms with Crippen LogP contribution in [0.15, 0.2) is 158 Å². The summed E-state index contributed by atoms with van der Waals surface area (Å²) in [7, 11) is 0. The summed E-state index contributed by atoms with van der Waals surface area (Å²) in [5.74, 6) is 0.754. The quantitative estimate of drug-likeness (QED) is 0.175. The van der Waals surface area contributed by atoms with Crippen molar-refractivity contribution in [2.24, 2.45) is 0 Å². The fraction of sp³-hybridized carbons (Fsp3) is 0.167. The summed E-state index contributed by atoms with van der Waals surface area (Å²) in [6, 6.07) is 43.8. The largest absolute Gasteiger partial charge is 0.305 e. The van der Waals surface area contributed by atoms with Gasteiger partial charge in [-0.2, -0.15) is 0 Å². The van der Waals surface area contributed by atoms with E-state index in [4.69, 9.17) is 0 Å². The molecule has 0 aliphatic carbocycles. The molecule has 0 aliphatic rings. The Morgan fingerprint density at radius 1 is 0.431 bits per heavy atom. The van der Waals surface area contributed by atoms with Gasteiger partial charge in [0.2, 0.25) is 0 Å². The van der Waals surface area contributed by atoms with E-state index >= 15 is 0 Å².